The molecule has 0 spiro atoms. The molecule has 0 amide bonds. The molecular weight excluding hydrogens is 208 g/mol. The molecule has 1 aromatic rings. The Hall–Kier alpha value is -0.860. The molecule has 2 N–H and O–H groups in total. The smallest absolute Gasteiger partial charge is 0.0467 e. The minimum Gasteiger partial charge on any atom is -0.329 e. The summed E-state index contributed by atoms with van der Waals surface area (Å²) in [5.74, 6) is 0.744. The van der Waals surface area contributed by atoms with Gasteiger partial charge < -0.3 is 5.73 Å². The standard InChI is InChI=1S/C15H26N2/c1-12(2)9-10-17(4)15(11-16)14-7-5-13(3)6-8-14/h5-8,12,15H,9-11,16H2,1-4H3. The minimum atomic E-state index is 0.342. The van der Waals surface area contributed by atoms with Crippen molar-refractivity contribution < 1.29 is 0 Å². The van der Waals surface area contributed by atoms with E-state index in [4.69, 9.17) is 5.73 Å². The molecule has 96 valence electrons. The zero-order chi connectivity index (χ0) is 12.8. The van der Waals surface area contributed by atoms with Gasteiger partial charge in [-0.25, -0.2) is 0 Å². The summed E-state index contributed by atoms with van der Waals surface area (Å²) in [6, 6.07) is 9.05. The molecule has 0 aliphatic carbocycles. The molecule has 0 aliphatic rings. The van der Waals surface area contributed by atoms with Crippen LogP contribution in [0.25, 0.3) is 0 Å². The maximum Gasteiger partial charge on any atom is 0.0467 e. The molecule has 0 aliphatic heterocycles. The largest absolute Gasteiger partial charge is 0.329 e. The normalized spacial score (nSPS) is 13.4. The van der Waals surface area contributed by atoms with Crippen LogP contribution in [-0.2, 0) is 0 Å². The topological polar surface area (TPSA) is 29.3 Å². The molecular formula is C15H26N2. The quantitative estimate of drug-likeness (QED) is 0.820. The molecule has 0 saturated heterocycles. The van der Waals surface area contributed by atoms with Crippen LogP contribution in [0.15, 0.2) is 24.3 Å². The van der Waals surface area contributed by atoms with E-state index in [1.54, 1.807) is 0 Å². The summed E-state index contributed by atoms with van der Waals surface area (Å²) in [6.07, 6.45) is 1.22. The van der Waals surface area contributed by atoms with Gasteiger partial charge >= 0.3 is 0 Å². The summed E-state index contributed by atoms with van der Waals surface area (Å²) < 4.78 is 0. The van der Waals surface area contributed by atoms with Crippen LogP contribution in [0, 0.1) is 12.8 Å². The van der Waals surface area contributed by atoms with Crippen molar-refractivity contribution in [1.82, 2.24) is 4.90 Å². The highest BCUT2D eigenvalue weighted by Crippen LogP contribution is 2.19. The summed E-state index contributed by atoms with van der Waals surface area (Å²) in [5.41, 5.74) is 8.53. The molecule has 1 rings (SSSR count). The Morgan fingerprint density at radius 3 is 2.24 bits per heavy atom. The number of nitrogens with zero attached hydrogens (tertiary/aromatic N) is 1. The van der Waals surface area contributed by atoms with E-state index in [0.717, 1.165) is 12.5 Å². The van der Waals surface area contributed by atoms with Crippen molar-refractivity contribution >= 4 is 0 Å². The third-order valence-electron chi connectivity index (χ3n) is 3.28. The second-order valence-electron chi connectivity index (χ2n) is 5.33. The maximum atomic E-state index is 5.91. The van der Waals surface area contributed by atoms with Gasteiger partial charge in [-0.1, -0.05) is 43.7 Å². The Balaban J connectivity index is 2.66. The predicted octanol–water partition coefficient (Wildman–Crippen LogP) is 2.97. The summed E-state index contributed by atoms with van der Waals surface area (Å²) in [5, 5.41) is 0. The molecule has 0 bridgehead atoms. The van der Waals surface area contributed by atoms with E-state index in [9.17, 15) is 0 Å². The average molecular weight is 234 g/mol. The monoisotopic (exact) mass is 234 g/mol. The Morgan fingerprint density at radius 1 is 1.18 bits per heavy atom. The fraction of sp³-hybridized carbons (Fsp3) is 0.600. The van der Waals surface area contributed by atoms with E-state index in [0.29, 0.717) is 12.6 Å². The number of aryl methyl sites for hydroxylation is 1. The van der Waals surface area contributed by atoms with Crippen molar-refractivity contribution in [3.8, 4) is 0 Å². The van der Waals surface area contributed by atoms with Crippen molar-refractivity contribution in [2.24, 2.45) is 11.7 Å². The zero-order valence-corrected chi connectivity index (χ0v) is 11.6. The molecule has 0 fully saturated rings. The van der Waals surface area contributed by atoms with Crippen LogP contribution in [0.1, 0.15) is 37.4 Å². The van der Waals surface area contributed by atoms with Crippen molar-refractivity contribution in [3.63, 3.8) is 0 Å². The number of benzene rings is 1. The number of rotatable bonds is 6. The van der Waals surface area contributed by atoms with Gasteiger partial charge in [0.15, 0.2) is 0 Å². The Kier molecular flexibility index (Phi) is 5.66. The van der Waals surface area contributed by atoms with Gasteiger partial charge in [0, 0.05) is 12.6 Å². The average Bonchev–Trinajstić information content (AvgIpc) is 2.30. The lowest BCUT2D eigenvalue weighted by molar-refractivity contribution is 0.236. The van der Waals surface area contributed by atoms with E-state index in [2.05, 4.69) is 57.0 Å². The molecule has 17 heavy (non-hydrogen) atoms. The molecule has 0 radical (unpaired) electrons. The highest BCUT2D eigenvalue weighted by molar-refractivity contribution is 5.24. The van der Waals surface area contributed by atoms with Crippen LogP contribution in [-0.4, -0.2) is 25.0 Å². The van der Waals surface area contributed by atoms with Gasteiger partial charge in [0.25, 0.3) is 0 Å². The van der Waals surface area contributed by atoms with E-state index in [-0.39, 0.29) is 0 Å². The third kappa shape index (κ3) is 4.49. The highest BCUT2D eigenvalue weighted by Gasteiger charge is 2.15. The number of hydrogen-bond acceptors (Lipinski definition) is 2. The van der Waals surface area contributed by atoms with Crippen molar-refractivity contribution in [2.75, 3.05) is 20.1 Å². The Morgan fingerprint density at radius 2 is 1.76 bits per heavy atom. The molecule has 0 saturated carbocycles. The molecule has 1 unspecified atom stereocenters. The first kappa shape index (κ1) is 14.2. The van der Waals surface area contributed by atoms with Crippen LogP contribution >= 0.6 is 0 Å². The van der Waals surface area contributed by atoms with E-state index in [1.165, 1.54) is 17.5 Å². The van der Waals surface area contributed by atoms with Crippen molar-refractivity contribution in [3.05, 3.63) is 35.4 Å². The van der Waals surface area contributed by atoms with E-state index in [1.807, 2.05) is 0 Å². The van der Waals surface area contributed by atoms with Crippen LogP contribution in [0.5, 0.6) is 0 Å². The fourth-order valence-corrected chi connectivity index (χ4v) is 1.98. The summed E-state index contributed by atoms with van der Waals surface area (Å²) in [4.78, 5) is 2.37. The number of hydrogen-bond donors (Lipinski definition) is 1. The van der Waals surface area contributed by atoms with Gasteiger partial charge in [-0.3, -0.25) is 4.90 Å². The van der Waals surface area contributed by atoms with Gasteiger partial charge in [-0.15, -0.1) is 0 Å². The SMILES string of the molecule is Cc1ccc(C(CN)N(C)CCC(C)C)cc1. The lowest BCUT2D eigenvalue weighted by Crippen LogP contribution is -2.31. The molecule has 2 nitrogen and oxygen atoms in total. The molecule has 2 heteroatoms. The highest BCUT2D eigenvalue weighted by atomic mass is 15.1. The lowest BCUT2D eigenvalue weighted by atomic mass is 10.0. The van der Waals surface area contributed by atoms with Gasteiger partial charge in [0.2, 0.25) is 0 Å². The van der Waals surface area contributed by atoms with Crippen LogP contribution < -0.4 is 5.73 Å². The minimum absolute atomic E-state index is 0.342. The predicted molar refractivity (Wildman–Crippen MR) is 75.1 cm³/mol. The lowest BCUT2D eigenvalue weighted by Gasteiger charge is -2.28. The summed E-state index contributed by atoms with van der Waals surface area (Å²) in [6.45, 7) is 8.42. The first-order chi connectivity index (χ1) is 8.04. The first-order valence-corrected chi connectivity index (χ1v) is 6.51. The summed E-state index contributed by atoms with van der Waals surface area (Å²) >= 11 is 0. The van der Waals surface area contributed by atoms with Gasteiger partial charge in [0.1, 0.15) is 0 Å². The first-order valence-electron chi connectivity index (χ1n) is 6.51. The second kappa shape index (κ2) is 6.77. The molecule has 1 aromatic carbocycles. The van der Waals surface area contributed by atoms with Gasteiger partial charge in [-0.05, 0) is 38.4 Å². The second-order valence-corrected chi connectivity index (χ2v) is 5.33. The molecule has 0 aromatic heterocycles. The molecule has 0 heterocycles. The number of likely N-dealkylation sites (N-methyl/N-ethyl adjacent to an activating group) is 1. The van der Waals surface area contributed by atoms with Gasteiger partial charge in [-0.2, -0.15) is 0 Å². The van der Waals surface area contributed by atoms with Crippen molar-refractivity contribution in [1.29, 1.82) is 0 Å². The zero-order valence-electron chi connectivity index (χ0n) is 11.6. The fourth-order valence-electron chi connectivity index (χ4n) is 1.98. The van der Waals surface area contributed by atoms with E-state index >= 15 is 0 Å². The van der Waals surface area contributed by atoms with Crippen LogP contribution in [0.4, 0.5) is 0 Å². The Labute approximate surface area is 106 Å². The van der Waals surface area contributed by atoms with Gasteiger partial charge in [0.05, 0.1) is 0 Å². The van der Waals surface area contributed by atoms with E-state index < -0.39 is 0 Å². The van der Waals surface area contributed by atoms with Crippen molar-refractivity contribution in [2.45, 2.75) is 33.2 Å². The Bertz CT molecular complexity index is 316. The number of nitrogens with two attached hydrogens (primary N) is 1. The van der Waals surface area contributed by atoms with Crippen LogP contribution in [0.2, 0.25) is 0 Å². The van der Waals surface area contributed by atoms with Crippen LogP contribution in [0.3, 0.4) is 0 Å². The third-order valence-corrected chi connectivity index (χ3v) is 3.28. The molecule has 1 atom stereocenters. The maximum absolute atomic E-state index is 5.91. The summed E-state index contributed by atoms with van der Waals surface area (Å²) in [7, 11) is 2.17.